The van der Waals surface area contributed by atoms with E-state index in [4.69, 9.17) is 16.8 Å². The third kappa shape index (κ3) is 5.62. The Labute approximate surface area is 333 Å². The zero-order valence-electron chi connectivity index (χ0n) is 41.6. The number of hydrogen-bond donors (Lipinski definition) is 0. The molecule has 0 atom stereocenters. The van der Waals surface area contributed by atoms with Gasteiger partial charge in [0.2, 0.25) is 0 Å². The molecule has 54 heavy (non-hydrogen) atoms. The molecule has 0 radical (unpaired) electrons. The van der Waals surface area contributed by atoms with Crippen molar-refractivity contribution in [3.05, 3.63) is 212 Å². The Morgan fingerprint density at radius 1 is 0.389 bits per heavy atom. The van der Waals surface area contributed by atoms with E-state index in [9.17, 15) is 5.48 Å². The Bertz CT molecular complexity index is 3600. The summed E-state index contributed by atoms with van der Waals surface area (Å²) in [5, 5.41) is 3.68. The molecular formula is C52H35NO. The van der Waals surface area contributed by atoms with Crippen molar-refractivity contribution >= 4 is 49.8 Å². The van der Waals surface area contributed by atoms with Crippen LogP contribution in [0, 0.1) is 0 Å². The van der Waals surface area contributed by atoms with E-state index in [0.29, 0.717) is 22.5 Å². The first kappa shape index (κ1) is 20.8. The van der Waals surface area contributed by atoms with Crippen LogP contribution in [0.25, 0.3) is 77.2 Å². The molecule has 1 heterocycles. The molecule has 0 aliphatic rings. The highest BCUT2D eigenvalue weighted by molar-refractivity contribution is 6.19. The van der Waals surface area contributed by atoms with Gasteiger partial charge in [0.15, 0.2) is 0 Å². The Balaban J connectivity index is 1.21. The summed E-state index contributed by atoms with van der Waals surface area (Å²) in [5.74, 6) is 0. The lowest BCUT2D eigenvalue weighted by atomic mass is 9.96. The Kier molecular flexibility index (Phi) is 5.17. The summed E-state index contributed by atoms with van der Waals surface area (Å²) >= 11 is 0. The Hall–Kier alpha value is -7.16. The van der Waals surface area contributed by atoms with E-state index in [0.717, 1.165) is 43.8 Å². The van der Waals surface area contributed by atoms with Gasteiger partial charge in [-0.15, -0.1) is 0 Å². The van der Waals surface area contributed by atoms with Crippen molar-refractivity contribution in [3.63, 3.8) is 0 Å². The van der Waals surface area contributed by atoms with Crippen molar-refractivity contribution in [2.24, 2.45) is 0 Å². The quantitative estimate of drug-likeness (QED) is 0.164. The monoisotopic (exact) mass is 702 g/mol. The summed E-state index contributed by atoms with van der Waals surface area (Å²) in [6.07, 6.45) is 0. The molecule has 2 nitrogen and oxygen atoms in total. The van der Waals surface area contributed by atoms with Crippen LogP contribution < -0.4 is 4.90 Å². The number of hydrogen-bond acceptors (Lipinski definition) is 2. The molecule has 2 heteroatoms. The lowest BCUT2D eigenvalue weighted by Gasteiger charge is -2.28. The highest BCUT2D eigenvalue weighted by Crippen LogP contribution is 2.46. The third-order valence-corrected chi connectivity index (χ3v) is 9.52. The predicted molar refractivity (Wildman–Crippen MR) is 228 cm³/mol. The summed E-state index contributed by atoms with van der Waals surface area (Å²) in [6.45, 7) is 0. The first-order chi connectivity index (χ1) is 32.2. The van der Waals surface area contributed by atoms with Crippen LogP contribution in [0.4, 0.5) is 17.1 Å². The molecule has 0 amide bonds. The molecule has 10 aromatic rings. The van der Waals surface area contributed by atoms with Gasteiger partial charge in [0.05, 0.1) is 23.5 Å². The van der Waals surface area contributed by atoms with Crippen LogP contribution >= 0.6 is 0 Å². The average molecular weight is 703 g/mol. The minimum atomic E-state index is -0.779. The van der Waals surface area contributed by atoms with E-state index in [1.807, 2.05) is 133 Å². The number of rotatable bonds is 7. The van der Waals surface area contributed by atoms with Crippen LogP contribution in [-0.4, -0.2) is 0 Å². The maximum atomic E-state index is 9.67. The number of benzene rings is 9. The van der Waals surface area contributed by atoms with Crippen molar-refractivity contribution in [3.8, 4) is 44.5 Å². The maximum Gasteiger partial charge on any atom is 0.143 e. The van der Waals surface area contributed by atoms with Crippen molar-refractivity contribution < 1.29 is 22.2 Å². The molecule has 0 saturated heterocycles. The number of fused-ring (bicyclic) bond motifs is 5. The zero-order chi connectivity index (χ0) is 47.2. The molecule has 10 rings (SSSR count). The minimum absolute atomic E-state index is 0.153. The zero-order valence-corrected chi connectivity index (χ0v) is 28.6. The molecule has 0 aliphatic carbocycles. The maximum absolute atomic E-state index is 9.67. The van der Waals surface area contributed by atoms with E-state index < -0.39 is 101 Å². The summed E-state index contributed by atoms with van der Waals surface area (Å²) in [7, 11) is 0. The molecule has 9 aromatic carbocycles. The standard InChI is InChI=1S/C52H35NO/c1-3-12-36(13-4-1)38-22-24-39(25-23-38)41-28-33-44(34-29-41)53(43-31-26-40(27-32-43)37-14-5-2-6-15-37)49-20-10-9-18-46(49)47-19-11-21-50-51(47)48-35-30-42-16-7-8-17-45(42)52(48)54-50/h1-35H/i1D,3D,4D,12D,13D,22D,23D,24D,25D,28D,29D,33D,34D. The number of para-hydroxylation sites is 1. The van der Waals surface area contributed by atoms with Gasteiger partial charge in [-0.05, 0) is 86.7 Å². The molecule has 0 unspecified atom stereocenters. The second-order valence-electron chi connectivity index (χ2n) is 12.7. The fourth-order valence-electron chi connectivity index (χ4n) is 6.98. The highest BCUT2D eigenvalue weighted by atomic mass is 16.3. The molecule has 0 saturated carbocycles. The van der Waals surface area contributed by atoms with Crippen LogP contribution in [0.1, 0.15) is 17.8 Å². The smallest absolute Gasteiger partial charge is 0.143 e. The molecule has 0 spiro atoms. The highest BCUT2D eigenvalue weighted by Gasteiger charge is 2.21. The second kappa shape index (κ2) is 13.4. The van der Waals surface area contributed by atoms with E-state index in [1.165, 1.54) is 0 Å². The predicted octanol–water partition coefficient (Wildman–Crippen LogP) is 14.9. The minimum Gasteiger partial charge on any atom is -0.455 e. The van der Waals surface area contributed by atoms with Crippen LogP contribution in [0.2, 0.25) is 0 Å². The topological polar surface area (TPSA) is 16.4 Å². The van der Waals surface area contributed by atoms with E-state index >= 15 is 0 Å². The Morgan fingerprint density at radius 3 is 1.76 bits per heavy atom. The molecule has 0 aliphatic heterocycles. The van der Waals surface area contributed by atoms with Crippen molar-refractivity contribution in [1.29, 1.82) is 0 Å². The first-order valence-corrected chi connectivity index (χ1v) is 17.4. The van der Waals surface area contributed by atoms with Gasteiger partial charge in [-0.2, -0.15) is 0 Å². The van der Waals surface area contributed by atoms with Gasteiger partial charge >= 0.3 is 0 Å². The number of nitrogens with zero attached hydrogens (tertiary/aromatic N) is 1. The van der Waals surface area contributed by atoms with Crippen LogP contribution in [0.15, 0.2) is 216 Å². The summed E-state index contributed by atoms with van der Waals surface area (Å²) in [5.41, 5.74) is 3.37. The normalized spacial score (nSPS) is 14.7. The fraction of sp³-hybridized carbons (Fsp3) is 0. The molecule has 0 N–H and O–H groups in total. The largest absolute Gasteiger partial charge is 0.455 e. The van der Waals surface area contributed by atoms with Crippen molar-refractivity contribution in [1.82, 2.24) is 0 Å². The summed E-state index contributed by atoms with van der Waals surface area (Å²) in [4.78, 5) is 1.65. The van der Waals surface area contributed by atoms with E-state index in [2.05, 4.69) is 0 Å². The van der Waals surface area contributed by atoms with Gasteiger partial charge in [-0.1, -0.05) is 170 Å². The lowest BCUT2D eigenvalue weighted by molar-refractivity contribution is 0.673. The van der Waals surface area contributed by atoms with E-state index in [-0.39, 0.29) is 5.69 Å². The molecule has 1 aromatic heterocycles. The molecule has 0 fully saturated rings. The van der Waals surface area contributed by atoms with Gasteiger partial charge in [0, 0.05) is 33.1 Å². The molecule has 254 valence electrons. The fourth-order valence-corrected chi connectivity index (χ4v) is 6.98. The van der Waals surface area contributed by atoms with Gasteiger partial charge in [0.1, 0.15) is 11.2 Å². The average Bonchev–Trinajstić information content (AvgIpc) is 3.75. The van der Waals surface area contributed by atoms with Crippen molar-refractivity contribution in [2.75, 3.05) is 4.90 Å². The van der Waals surface area contributed by atoms with E-state index in [1.54, 1.807) is 4.90 Å². The van der Waals surface area contributed by atoms with Gasteiger partial charge in [0.25, 0.3) is 0 Å². The van der Waals surface area contributed by atoms with Gasteiger partial charge in [-0.3, -0.25) is 0 Å². The second-order valence-corrected chi connectivity index (χ2v) is 12.7. The van der Waals surface area contributed by atoms with Crippen LogP contribution in [0.3, 0.4) is 0 Å². The first-order valence-electron chi connectivity index (χ1n) is 23.9. The third-order valence-electron chi connectivity index (χ3n) is 9.52. The number of furan rings is 1. The van der Waals surface area contributed by atoms with Crippen LogP contribution in [-0.2, 0) is 0 Å². The van der Waals surface area contributed by atoms with Gasteiger partial charge < -0.3 is 9.32 Å². The summed E-state index contributed by atoms with van der Waals surface area (Å²) < 4.78 is 122. The van der Waals surface area contributed by atoms with Crippen LogP contribution in [0.5, 0.6) is 0 Å². The molecular weight excluding hydrogens is 655 g/mol. The van der Waals surface area contributed by atoms with Crippen molar-refractivity contribution in [2.45, 2.75) is 0 Å². The SMILES string of the molecule is [2H]c1c([2H])c([2H])c(-c2c([2H])c([2H])c(-c3c([2H])c([2H])c(N(c4ccc(-c5ccccc5)cc4)c4ccccc4-c4cccc5oc6c7ccccc7ccc6c45)c([2H])c3[2H])c([2H])c2[2H])c([2H])c1[2H]. The lowest BCUT2D eigenvalue weighted by Crippen LogP contribution is -2.11. The van der Waals surface area contributed by atoms with Gasteiger partial charge in [-0.25, -0.2) is 0 Å². The molecule has 0 bridgehead atoms. The Morgan fingerprint density at radius 2 is 1.00 bits per heavy atom. The number of anilines is 3. The summed E-state index contributed by atoms with van der Waals surface area (Å²) in [6, 6.07) is 33.4.